The highest BCUT2D eigenvalue weighted by molar-refractivity contribution is 5.79. The summed E-state index contributed by atoms with van der Waals surface area (Å²) in [5.41, 5.74) is 0. The van der Waals surface area contributed by atoms with Crippen LogP contribution in [0, 0.1) is 5.92 Å². The second-order valence-corrected chi connectivity index (χ2v) is 6.10. The lowest BCUT2D eigenvalue weighted by molar-refractivity contribution is 0.191. The van der Waals surface area contributed by atoms with Crippen LogP contribution in [0.5, 0.6) is 0 Å². The monoisotopic (exact) mass is 306 g/mol. The molecule has 1 fully saturated rings. The molecule has 124 valence electrons. The van der Waals surface area contributed by atoms with Gasteiger partial charge in [0.1, 0.15) is 0 Å². The zero-order chi connectivity index (χ0) is 15.6. The molecule has 1 aliphatic rings. The van der Waals surface area contributed by atoms with Crippen LogP contribution in [0.25, 0.3) is 0 Å². The topological polar surface area (TPSA) is 57.5 Å². The Bertz CT molecular complexity index is 420. The minimum atomic E-state index is 0.847. The maximum absolute atomic E-state index is 4.26. The fraction of sp³-hybridized carbons (Fsp3) is 0.750. The molecule has 2 heterocycles. The second-order valence-electron chi connectivity index (χ2n) is 6.10. The number of nitrogens with one attached hydrogen (secondary N) is 2. The summed E-state index contributed by atoms with van der Waals surface area (Å²) in [4.78, 5) is 10.9. The lowest BCUT2D eigenvalue weighted by Crippen LogP contribution is -2.40. The first kappa shape index (κ1) is 16.8. The molecule has 0 spiro atoms. The van der Waals surface area contributed by atoms with E-state index in [9.17, 15) is 0 Å². The summed E-state index contributed by atoms with van der Waals surface area (Å²) in [5.74, 6) is 1.79. The van der Waals surface area contributed by atoms with Crippen LogP contribution in [-0.4, -0.2) is 60.2 Å². The first-order valence-electron chi connectivity index (χ1n) is 8.40. The number of guanidine groups is 1. The Hall–Kier alpha value is -1.56. The minimum absolute atomic E-state index is 0.847. The molecule has 2 N–H and O–H groups in total. The van der Waals surface area contributed by atoms with Gasteiger partial charge < -0.3 is 20.1 Å². The normalized spacial score (nSPS) is 17.6. The Morgan fingerprint density at radius 1 is 1.23 bits per heavy atom. The van der Waals surface area contributed by atoms with E-state index in [4.69, 9.17) is 0 Å². The van der Waals surface area contributed by atoms with Crippen molar-refractivity contribution in [1.29, 1.82) is 0 Å². The molecule has 0 aliphatic carbocycles. The van der Waals surface area contributed by atoms with Crippen LogP contribution in [0.4, 0.5) is 0 Å². The van der Waals surface area contributed by atoms with Crippen LogP contribution in [0.1, 0.15) is 26.2 Å². The Morgan fingerprint density at radius 3 is 2.68 bits per heavy atom. The number of aromatic nitrogens is 2. The predicted octanol–water partition coefficient (Wildman–Crippen LogP) is 1.17. The summed E-state index contributed by atoms with van der Waals surface area (Å²) in [6.45, 7) is 8.78. The number of piperidine rings is 1. The molecule has 0 saturated carbocycles. The Balaban J connectivity index is 1.52. The number of likely N-dealkylation sites (tertiary alicyclic amines) is 1. The number of hydrogen-bond donors (Lipinski definition) is 2. The van der Waals surface area contributed by atoms with Crippen LogP contribution >= 0.6 is 0 Å². The zero-order valence-electron chi connectivity index (χ0n) is 14.0. The van der Waals surface area contributed by atoms with Crippen LogP contribution in [0.2, 0.25) is 0 Å². The van der Waals surface area contributed by atoms with Gasteiger partial charge in [-0.05, 0) is 44.8 Å². The van der Waals surface area contributed by atoms with Crippen molar-refractivity contribution in [3.63, 3.8) is 0 Å². The third-order valence-electron chi connectivity index (χ3n) is 4.27. The molecule has 0 unspecified atom stereocenters. The van der Waals surface area contributed by atoms with Crippen molar-refractivity contribution in [3.8, 4) is 0 Å². The molecular formula is C16H30N6. The zero-order valence-corrected chi connectivity index (χ0v) is 14.0. The number of hydrogen-bond acceptors (Lipinski definition) is 3. The lowest BCUT2D eigenvalue weighted by Gasteiger charge is -2.30. The van der Waals surface area contributed by atoms with Gasteiger partial charge in [-0.1, -0.05) is 6.92 Å². The maximum atomic E-state index is 4.26. The van der Waals surface area contributed by atoms with E-state index in [1.807, 2.05) is 19.6 Å². The third kappa shape index (κ3) is 6.05. The molecule has 0 amide bonds. The first-order valence-corrected chi connectivity index (χ1v) is 8.40. The van der Waals surface area contributed by atoms with E-state index in [0.717, 1.165) is 37.9 Å². The Morgan fingerprint density at radius 2 is 2.00 bits per heavy atom. The smallest absolute Gasteiger partial charge is 0.191 e. The van der Waals surface area contributed by atoms with Crippen LogP contribution < -0.4 is 10.6 Å². The molecule has 0 bridgehead atoms. The van der Waals surface area contributed by atoms with Gasteiger partial charge >= 0.3 is 0 Å². The van der Waals surface area contributed by atoms with Crippen molar-refractivity contribution >= 4 is 5.96 Å². The number of imidazole rings is 1. The molecule has 22 heavy (non-hydrogen) atoms. The van der Waals surface area contributed by atoms with Crippen molar-refractivity contribution in [3.05, 3.63) is 18.7 Å². The largest absolute Gasteiger partial charge is 0.356 e. The van der Waals surface area contributed by atoms with Crippen molar-refractivity contribution in [2.75, 3.05) is 39.8 Å². The number of aliphatic imine (C=N–C) groups is 1. The molecule has 6 heteroatoms. The highest BCUT2D eigenvalue weighted by Crippen LogP contribution is 2.15. The predicted molar refractivity (Wildman–Crippen MR) is 91.0 cm³/mol. The fourth-order valence-corrected chi connectivity index (χ4v) is 2.74. The van der Waals surface area contributed by atoms with Gasteiger partial charge in [0.25, 0.3) is 0 Å². The molecule has 2 rings (SSSR count). The molecule has 1 aliphatic heterocycles. The van der Waals surface area contributed by atoms with E-state index in [-0.39, 0.29) is 0 Å². The molecule has 1 aromatic rings. The minimum Gasteiger partial charge on any atom is -0.356 e. The molecule has 0 radical (unpaired) electrons. The molecule has 0 aromatic carbocycles. The average Bonchev–Trinajstić information content (AvgIpc) is 3.04. The summed E-state index contributed by atoms with van der Waals surface area (Å²) >= 11 is 0. The van der Waals surface area contributed by atoms with Gasteiger partial charge in [0.2, 0.25) is 0 Å². The summed E-state index contributed by atoms with van der Waals surface area (Å²) in [7, 11) is 1.82. The molecule has 6 nitrogen and oxygen atoms in total. The van der Waals surface area contributed by atoms with Gasteiger partial charge in [-0.2, -0.15) is 0 Å². The van der Waals surface area contributed by atoms with Crippen LogP contribution in [0.3, 0.4) is 0 Å². The standard InChI is InChI=1S/C16H30N6/c1-15-4-10-21(11-5-15)9-3-6-19-16(17-2)20-8-13-22-12-7-18-14-22/h7,12,14-15H,3-6,8-11,13H2,1-2H3,(H2,17,19,20). The van der Waals surface area contributed by atoms with Gasteiger partial charge in [-0.3, -0.25) is 4.99 Å². The average molecular weight is 306 g/mol. The first-order chi connectivity index (χ1) is 10.8. The molecule has 1 aromatic heterocycles. The van der Waals surface area contributed by atoms with Crippen molar-refractivity contribution < 1.29 is 0 Å². The quantitative estimate of drug-likeness (QED) is 0.451. The van der Waals surface area contributed by atoms with E-state index < -0.39 is 0 Å². The van der Waals surface area contributed by atoms with Gasteiger partial charge in [-0.25, -0.2) is 4.98 Å². The summed E-state index contributed by atoms with van der Waals surface area (Å²) < 4.78 is 2.05. The van der Waals surface area contributed by atoms with Crippen molar-refractivity contribution in [2.45, 2.75) is 32.7 Å². The van der Waals surface area contributed by atoms with E-state index in [1.54, 1.807) is 6.20 Å². The van der Waals surface area contributed by atoms with E-state index in [0.29, 0.717) is 0 Å². The van der Waals surface area contributed by atoms with E-state index >= 15 is 0 Å². The second kappa shape index (κ2) is 9.46. The van der Waals surface area contributed by atoms with Gasteiger partial charge in [0.15, 0.2) is 5.96 Å². The fourth-order valence-electron chi connectivity index (χ4n) is 2.74. The van der Waals surface area contributed by atoms with Crippen LogP contribution in [0.15, 0.2) is 23.7 Å². The van der Waals surface area contributed by atoms with Gasteiger partial charge in [0, 0.05) is 39.1 Å². The SMILES string of the molecule is CN=C(NCCCN1CCC(C)CC1)NCCn1ccnc1. The highest BCUT2D eigenvalue weighted by atomic mass is 15.2. The lowest BCUT2D eigenvalue weighted by atomic mass is 9.99. The highest BCUT2D eigenvalue weighted by Gasteiger charge is 2.14. The molecule has 1 saturated heterocycles. The van der Waals surface area contributed by atoms with E-state index in [1.165, 1.54) is 32.5 Å². The van der Waals surface area contributed by atoms with Gasteiger partial charge in [0.05, 0.1) is 6.33 Å². The Labute approximate surface area is 134 Å². The van der Waals surface area contributed by atoms with Gasteiger partial charge in [-0.15, -0.1) is 0 Å². The summed E-state index contributed by atoms with van der Waals surface area (Å²) in [5, 5.41) is 6.71. The van der Waals surface area contributed by atoms with Crippen LogP contribution in [-0.2, 0) is 6.54 Å². The molecular weight excluding hydrogens is 276 g/mol. The number of rotatable bonds is 7. The maximum Gasteiger partial charge on any atom is 0.191 e. The Kier molecular flexibility index (Phi) is 7.22. The summed E-state index contributed by atoms with van der Waals surface area (Å²) in [6.07, 6.45) is 9.47. The third-order valence-corrected chi connectivity index (χ3v) is 4.27. The van der Waals surface area contributed by atoms with Crippen molar-refractivity contribution in [1.82, 2.24) is 25.1 Å². The van der Waals surface area contributed by atoms with E-state index in [2.05, 4.69) is 37.0 Å². The number of nitrogens with zero attached hydrogens (tertiary/aromatic N) is 4. The molecule has 0 atom stereocenters. The van der Waals surface area contributed by atoms with Crippen molar-refractivity contribution in [2.24, 2.45) is 10.9 Å². The summed E-state index contributed by atoms with van der Waals surface area (Å²) in [6, 6.07) is 0.